The van der Waals surface area contributed by atoms with Crippen LogP contribution in [0.15, 0.2) is 51.7 Å². The van der Waals surface area contributed by atoms with Crippen molar-refractivity contribution < 1.29 is 19.1 Å². The molecule has 0 spiro atoms. The van der Waals surface area contributed by atoms with Crippen LogP contribution in [0.1, 0.15) is 5.56 Å². The highest BCUT2D eigenvalue weighted by Crippen LogP contribution is 2.33. The van der Waals surface area contributed by atoms with Gasteiger partial charge in [-0.15, -0.1) is 0 Å². The SMILES string of the molecule is COC1=C(OC)C(=O)C(Sc2ccc(C)cc2)=CC1=O. The molecule has 2 rings (SSSR count). The first-order valence-electron chi connectivity index (χ1n) is 5.94. The number of thioether (sulfide) groups is 1. The highest BCUT2D eigenvalue weighted by atomic mass is 32.2. The van der Waals surface area contributed by atoms with Crippen LogP contribution in [-0.2, 0) is 19.1 Å². The molecule has 0 radical (unpaired) electrons. The first kappa shape index (κ1) is 14.4. The van der Waals surface area contributed by atoms with Crippen molar-refractivity contribution in [3.63, 3.8) is 0 Å². The third-order valence-electron chi connectivity index (χ3n) is 2.78. The Labute approximate surface area is 121 Å². The van der Waals surface area contributed by atoms with Gasteiger partial charge in [0, 0.05) is 11.0 Å². The molecular formula is C15H14O4S. The van der Waals surface area contributed by atoms with Crippen molar-refractivity contribution in [2.24, 2.45) is 0 Å². The average molecular weight is 290 g/mol. The number of ketones is 2. The van der Waals surface area contributed by atoms with E-state index in [2.05, 4.69) is 0 Å². The predicted molar refractivity (Wildman–Crippen MR) is 76.2 cm³/mol. The molecule has 0 fully saturated rings. The molecule has 0 bridgehead atoms. The molecule has 0 amide bonds. The highest BCUT2D eigenvalue weighted by molar-refractivity contribution is 8.04. The summed E-state index contributed by atoms with van der Waals surface area (Å²) in [7, 11) is 2.69. The molecule has 4 nitrogen and oxygen atoms in total. The van der Waals surface area contributed by atoms with E-state index >= 15 is 0 Å². The minimum atomic E-state index is -0.362. The van der Waals surface area contributed by atoms with Crippen molar-refractivity contribution >= 4 is 23.3 Å². The zero-order valence-electron chi connectivity index (χ0n) is 11.4. The van der Waals surface area contributed by atoms with Gasteiger partial charge in [0.2, 0.25) is 23.1 Å². The summed E-state index contributed by atoms with van der Waals surface area (Å²) in [4.78, 5) is 25.3. The fourth-order valence-electron chi connectivity index (χ4n) is 1.76. The first-order valence-corrected chi connectivity index (χ1v) is 6.76. The molecule has 0 saturated heterocycles. The number of carbonyl (C=O) groups is 2. The molecule has 1 aromatic carbocycles. The molecule has 1 aliphatic carbocycles. The van der Waals surface area contributed by atoms with Gasteiger partial charge < -0.3 is 9.47 Å². The smallest absolute Gasteiger partial charge is 0.238 e. The first-order chi connectivity index (χ1) is 9.56. The number of allylic oxidation sites excluding steroid dienone is 2. The van der Waals surface area contributed by atoms with E-state index in [0.717, 1.165) is 10.5 Å². The molecule has 0 atom stereocenters. The van der Waals surface area contributed by atoms with Gasteiger partial charge in [0.05, 0.1) is 19.1 Å². The number of benzene rings is 1. The van der Waals surface area contributed by atoms with Crippen LogP contribution >= 0.6 is 11.8 Å². The number of hydrogen-bond acceptors (Lipinski definition) is 5. The number of rotatable bonds is 4. The second-order valence-electron chi connectivity index (χ2n) is 4.18. The van der Waals surface area contributed by atoms with E-state index < -0.39 is 0 Å². The molecule has 0 saturated carbocycles. The molecule has 104 valence electrons. The van der Waals surface area contributed by atoms with Crippen LogP contribution in [0, 0.1) is 6.92 Å². The molecule has 0 aromatic heterocycles. The Kier molecular flexibility index (Phi) is 4.29. The van der Waals surface area contributed by atoms with Crippen LogP contribution in [0.3, 0.4) is 0 Å². The number of aryl methyl sites for hydroxylation is 1. The molecule has 0 N–H and O–H groups in total. The molecule has 0 aliphatic heterocycles. The van der Waals surface area contributed by atoms with Crippen molar-refractivity contribution in [3.05, 3.63) is 52.3 Å². The van der Waals surface area contributed by atoms with Gasteiger partial charge >= 0.3 is 0 Å². The summed E-state index contributed by atoms with van der Waals surface area (Å²) in [5, 5.41) is 0. The number of Topliss-reactive ketones (excluding diaryl/α,β-unsaturated/α-hetero) is 1. The molecule has 20 heavy (non-hydrogen) atoms. The van der Waals surface area contributed by atoms with Gasteiger partial charge in [-0.05, 0) is 19.1 Å². The Hall–Kier alpha value is -2.01. The summed E-state index contributed by atoms with van der Waals surface area (Å²) in [6.45, 7) is 1.99. The molecule has 0 unspecified atom stereocenters. The quantitative estimate of drug-likeness (QED) is 0.798. The molecule has 0 heterocycles. The van der Waals surface area contributed by atoms with Gasteiger partial charge in [0.25, 0.3) is 0 Å². The lowest BCUT2D eigenvalue weighted by Gasteiger charge is -2.16. The van der Waals surface area contributed by atoms with E-state index in [1.807, 2.05) is 31.2 Å². The fourth-order valence-corrected chi connectivity index (χ4v) is 2.64. The lowest BCUT2D eigenvalue weighted by molar-refractivity contribution is -0.119. The van der Waals surface area contributed by atoms with E-state index in [9.17, 15) is 9.59 Å². The third-order valence-corrected chi connectivity index (χ3v) is 3.81. The van der Waals surface area contributed by atoms with Gasteiger partial charge in [-0.25, -0.2) is 0 Å². The predicted octanol–water partition coefficient (Wildman–Crippen LogP) is 2.63. The summed E-state index contributed by atoms with van der Waals surface area (Å²) >= 11 is 1.24. The lowest BCUT2D eigenvalue weighted by atomic mass is 10.1. The average Bonchev–Trinajstić information content (AvgIpc) is 2.44. The van der Waals surface area contributed by atoms with Crippen LogP contribution in [0.5, 0.6) is 0 Å². The van der Waals surface area contributed by atoms with E-state index in [-0.39, 0.29) is 23.1 Å². The van der Waals surface area contributed by atoms with E-state index in [1.165, 1.54) is 32.1 Å². The topological polar surface area (TPSA) is 52.6 Å². The molecule has 1 aromatic rings. The lowest BCUT2D eigenvalue weighted by Crippen LogP contribution is -2.20. The third kappa shape index (κ3) is 2.77. The standard InChI is InChI=1S/C15H14O4S/c1-9-4-6-10(7-5-9)20-12-8-11(16)14(18-2)15(19-3)13(12)17/h4-8H,1-3H3. The maximum Gasteiger partial charge on any atom is 0.238 e. The van der Waals surface area contributed by atoms with Gasteiger partial charge in [0.1, 0.15) is 0 Å². The van der Waals surface area contributed by atoms with Gasteiger partial charge in [-0.2, -0.15) is 0 Å². The zero-order chi connectivity index (χ0) is 14.7. The van der Waals surface area contributed by atoms with Crippen molar-refractivity contribution in [2.75, 3.05) is 14.2 Å². The summed E-state index contributed by atoms with van der Waals surface area (Å²) in [5.41, 5.74) is 1.13. The van der Waals surface area contributed by atoms with Crippen molar-refractivity contribution in [1.29, 1.82) is 0 Å². The Morgan fingerprint density at radius 2 is 1.55 bits per heavy atom. The maximum atomic E-state index is 12.2. The molecular weight excluding hydrogens is 276 g/mol. The molecule has 1 aliphatic rings. The van der Waals surface area contributed by atoms with E-state index in [4.69, 9.17) is 9.47 Å². The fraction of sp³-hybridized carbons (Fsp3) is 0.200. The number of carbonyl (C=O) groups excluding carboxylic acids is 2. The Balaban J connectivity index is 2.28. The van der Waals surface area contributed by atoms with Crippen LogP contribution in [0.4, 0.5) is 0 Å². The summed E-state index contributed by atoms with van der Waals surface area (Å²) < 4.78 is 9.92. The minimum Gasteiger partial charge on any atom is -0.490 e. The maximum absolute atomic E-state index is 12.2. The van der Waals surface area contributed by atoms with Gasteiger partial charge in [-0.3, -0.25) is 9.59 Å². The molecule has 5 heteroatoms. The highest BCUT2D eigenvalue weighted by Gasteiger charge is 2.31. The summed E-state index contributed by atoms with van der Waals surface area (Å²) in [6.07, 6.45) is 1.29. The Morgan fingerprint density at radius 1 is 0.950 bits per heavy atom. The second-order valence-corrected chi connectivity index (χ2v) is 5.30. The van der Waals surface area contributed by atoms with Crippen LogP contribution < -0.4 is 0 Å². The van der Waals surface area contributed by atoms with Crippen LogP contribution in [0.2, 0.25) is 0 Å². The number of ether oxygens (including phenoxy) is 2. The number of methoxy groups -OCH3 is 2. The Morgan fingerprint density at radius 3 is 2.10 bits per heavy atom. The van der Waals surface area contributed by atoms with Crippen molar-refractivity contribution in [1.82, 2.24) is 0 Å². The second kappa shape index (κ2) is 5.96. The van der Waals surface area contributed by atoms with E-state index in [0.29, 0.717) is 4.91 Å². The normalized spacial score (nSPS) is 15.2. The van der Waals surface area contributed by atoms with E-state index in [1.54, 1.807) is 0 Å². The number of hydrogen-bond donors (Lipinski definition) is 0. The summed E-state index contributed by atoms with van der Waals surface area (Å²) in [6, 6.07) is 7.71. The monoisotopic (exact) mass is 290 g/mol. The minimum absolute atomic E-state index is 0.0467. The van der Waals surface area contributed by atoms with Crippen LogP contribution in [0.25, 0.3) is 0 Å². The zero-order valence-corrected chi connectivity index (χ0v) is 12.2. The van der Waals surface area contributed by atoms with Gasteiger partial charge in [-0.1, -0.05) is 29.5 Å². The summed E-state index contributed by atoms with van der Waals surface area (Å²) in [5.74, 6) is -0.798. The van der Waals surface area contributed by atoms with Crippen molar-refractivity contribution in [2.45, 2.75) is 11.8 Å². The van der Waals surface area contributed by atoms with Crippen LogP contribution in [-0.4, -0.2) is 25.8 Å². The largest absolute Gasteiger partial charge is 0.490 e. The Bertz CT molecular complexity index is 611. The van der Waals surface area contributed by atoms with Gasteiger partial charge in [0.15, 0.2) is 0 Å². The van der Waals surface area contributed by atoms with Crippen molar-refractivity contribution in [3.8, 4) is 0 Å².